The Kier molecular flexibility index (Phi) is 20.2. The van der Waals surface area contributed by atoms with Gasteiger partial charge in [-0.15, -0.1) is 0 Å². The van der Waals surface area contributed by atoms with Crippen molar-refractivity contribution in [3.63, 3.8) is 0 Å². The monoisotopic (exact) mass is 370 g/mol. The molecule has 0 unspecified atom stereocenters. The average molecular weight is 371 g/mol. The number of rotatable bonds is 20. The first-order valence-corrected chi connectivity index (χ1v) is 11.4. The first-order chi connectivity index (χ1) is 12.7. The summed E-state index contributed by atoms with van der Waals surface area (Å²) in [4.78, 5) is 13.2. The molecule has 3 N–H and O–H groups in total. The molecule has 26 heavy (non-hydrogen) atoms. The van der Waals surface area contributed by atoms with Crippen LogP contribution in [0.4, 0.5) is 0 Å². The zero-order valence-corrected chi connectivity index (χ0v) is 18.1. The molecular weight excluding hydrogens is 322 g/mol. The molecule has 156 valence electrons. The molecule has 0 aliphatic heterocycles. The number of quaternary nitrogens is 1. The molecule has 0 atom stereocenters. The second-order valence-corrected chi connectivity index (χ2v) is 8.05. The SMILES string of the molecule is CCCCCCCCCCCCCCNC(=O)CCNCCC[NH+](C)C. The van der Waals surface area contributed by atoms with E-state index in [1.54, 1.807) is 0 Å². The number of nitrogens with one attached hydrogen (secondary N) is 3. The topological polar surface area (TPSA) is 45.6 Å². The molecule has 4 nitrogen and oxygen atoms in total. The van der Waals surface area contributed by atoms with Gasteiger partial charge in [0.2, 0.25) is 5.91 Å². The van der Waals surface area contributed by atoms with Crippen molar-refractivity contribution in [2.45, 2.75) is 96.8 Å². The maximum atomic E-state index is 11.7. The maximum Gasteiger partial charge on any atom is 0.221 e. The number of unbranched alkanes of at least 4 members (excludes halogenated alkanes) is 11. The first kappa shape index (κ1) is 25.4. The lowest BCUT2D eigenvalue weighted by atomic mass is 10.1. The number of hydrogen-bond acceptors (Lipinski definition) is 2. The summed E-state index contributed by atoms with van der Waals surface area (Å²) in [6.45, 7) is 6.11. The lowest BCUT2D eigenvalue weighted by molar-refractivity contribution is -0.858. The van der Waals surface area contributed by atoms with Crippen molar-refractivity contribution in [1.82, 2.24) is 10.6 Å². The Morgan fingerprint density at radius 2 is 1.23 bits per heavy atom. The van der Waals surface area contributed by atoms with E-state index < -0.39 is 0 Å². The fraction of sp³-hybridized carbons (Fsp3) is 0.955. The molecule has 0 saturated heterocycles. The van der Waals surface area contributed by atoms with Crippen LogP contribution in [0.1, 0.15) is 96.8 Å². The van der Waals surface area contributed by atoms with Gasteiger partial charge in [-0.1, -0.05) is 77.6 Å². The summed E-state index contributed by atoms with van der Waals surface area (Å²) in [5.74, 6) is 0.193. The molecule has 0 rings (SSSR count). The molecule has 1 amide bonds. The molecule has 0 bridgehead atoms. The van der Waals surface area contributed by atoms with Crippen LogP contribution in [-0.4, -0.2) is 46.2 Å². The summed E-state index contributed by atoms with van der Waals surface area (Å²) in [6, 6.07) is 0. The second-order valence-electron chi connectivity index (χ2n) is 8.05. The van der Waals surface area contributed by atoms with Gasteiger partial charge in [-0.3, -0.25) is 4.79 Å². The third-order valence-electron chi connectivity index (χ3n) is 4.91. The molecule has 0 fully saturated rings. The molecule has 0 aromatic heterocycles. The summed E-state index contributed by atoms with van der Waals surface area (Å²) in [5.41, 5.74) is 0. The molecule has 0 radical (unpaired) electrons. The van der Waals surface area contributed by atoms with Crippen molar-refractivity contribution in [2.75, 3.05) is 40.3 Å². The van der Waals surface area contributed by atoms with Gasteiger partial charge in [0.15, 0.2) is 0 Å². The van der Waals surface area contributed by atoms with Crippen LogP contribution in [0.5, 0.6) is 0 Å². The Morgan fingerprint density at radius 1 is 0.692 bits per heavy atom. The molecule has 0 heterocycles. The third-order valence-corrected chi connectivity index (χ3v) is 4.91. The summed E-state index contributed by atoms with van der Waals surface area (Å²) >= 11 is 0. The highest BCUT2D eigenvalue weighted by Gasteiger charge is 2.00. The maximum absolute atomic E-state index is 11.7. The highest BCUT2D eigenvalue weighted by molar-refractivity contribution is 5.75. The lowest BCUT2D eigenvalue weighted by Crippen LogP contribution is -3.05. The van der Waals surface area contributed by atoms with Crippen LogP contribution in [0.25, 0.3) is 0 Å². The number of carbonyl (C=O) groups is 1. The normalized spacial score (nSPS) is 11.2. The van der Waals surface area contributed by atoms with Crippen molar-refractivity contribution in [3.05, 3.63) is 0 Å². The van der Waals surface area contributed by atoms with Gasteiger partial charge < -0.3 is 15.5 Å². The standard InChI is InChI=1S/C22H47N3O/c1-4-5-6-7-8-9-10-11-12-13-14-15-19-24-22(26)17-20-23-18-16-21-25(2)3/h23H,4-21H2,1-3H3,(H,24,26)/p+1. The number of carbonyl (C=O) groups excluding carboxylic acids is 1. The Balaban J connectivity index is 3.14. The fourth-order valence-electron chi connectivity index (χ4n) is 3.18. The van der Waals surface area contributed by atoms with E-state index in [0.717, 1.165) is 26.1 Å². The third kappa shape index (κ3) is 21.4. The fourth-order valence-corrected chi connectivity index (χ4v) is 3.18. The zero-order valence-electron chi connectivity index (χ0n) is 18.1. The van der Waals surface area contributed by atoms with Crippen LogP contribution in [0.2, 0.25) is 0 Å². The first-order valence-electron chi connectivity index (χ1n) is 11.4. The van der Waals surface area contributed by atoms with E-state index in [1.165, 1.54) is 88.5 Å². The summed E-state index contributed by atoms with van der Waals surface area (Å²) in [7, 11) is 4.34. The lowest BCUT2D eigenvalue weighted by Gasteiger charge is -2.08. The highest BCUT2D eigenvalue weighted by atomic mass is 16.1. The van der Waals surface area contributed by atoms with E-state index in [-0.39, 0.29) is 5.91 Å². The molecular formula is C22H48N3O+. The summed E-state index contributed by atoms with van der Waals surface area (Å²) in [6.07, 6.45) is 18.1. The van der Waals surface area contributed by atoms with E-state index in [0.29, 0.717) is 6.42 Å². The Labute approximate surface area is 163 Å². The average Bonchev–Trinajstić information content (AvgIpc) is 2.61. The van der Waals surface area contributed by atoms with Gasteiger partial charge >= 0.3 is 0 Å². The van der Waals surface area contributed by atoms with E-state index >= 15 is 0 Å². The van der Waals surface area contributed by atoms with Gasteiger partial charge in [0.05, 0.1) is 20.6 Å². The smallest absolute Gasteiger partial charge is 0.221 e. The van der Waals surface area contributed by atoms with Crippen LogP contribution in [0.3, 0.4) is 0 Å². The molecule has 0 aromatic carbocycles. The number of amides is 1. The van der Waals surface area contributed by atoms with Crippen molar-refractivity contribution < 1.29 is 9.69 Å². The zero-order chi connectivity index (χ0) is 19.3. The van der Waals surface area contributed by atoms with Gasteiger partial charge in [-0.2, -0.15) is 0 Å². The minimum atomic E-state index is 0.193. The highest BCUT2D eigenvalue weighted by Crippen LogP contribution is 2.11. The van der Waals surface area contributed by atoms with Gasteiger partial charge in [-0.05, 0) is 6.42 Å². The Morgan fingerprint density at radius 3 is 1.77 bits per heavy atom. The van der Waals surface area contributed by atoms with Crippen LogP contribution < -0.4 is 15.5 Å². The largest absolute Gasteiger partial charge is 0.356 e. The van der Waals surface area contributed by atoms with E-state index in [4.69, 9.17) is 0 Å². The van der Waals surface area contributed by atoms with E-state index in [1.807, 2.05) is 0 Å². The van der Waals surface area contributed by atoms with Gasteiger partial charge in [0.25, 0.3) is 0 Å². The van der Waals surface area contributed by atoms with Crippen molar-refractivity contribution >= 4 is 5.91 Å². The van der Waals surface area contributed by atoms with Crippen LogP contribution >= 0.6 is 0 Å². The summed E-state index contributed by atoms with van der Waals surface area (Å²) in [5, 5.41) is 6.39. The van der Waals surface area contributed by atoms with Crippen LogP contribution in [0, 0.1) is 0 Å². The molecule has 0 spiro atoms. The Bertz CT molecular complexity index is 295. The predicted octanol–water partition coefficient (Wildman–Crippen LogP) is 3.32. The molecule has 0 aliphatic carbocycles. The second kappa shape index (κ2) is 20.7. The molecule has 4 heteroatoms. The van der Waals surface area contributed by atoms with Crippen LogP contribution in [-0.2, 0) is 4.79 Å². The van der Waals surface area contributed by atoms with Crippen molar-refractivity contribution in [3.8, 4) is 0 Å². The van der Waals surface area contributed by atoms with Crippen molar-refractivity contribution in [1.29, 1.82) is 0 Å². The molecule has 0 aromatic rings. The Hall–Kier alpha value is -0.610. The predicted molar refractivity (Wildman–Crippen MR) is 114 cm³/mol. The molecule has 0 saturated carbocycles. The molecule has 0 aliphatic rings. The van der Waals surface area contributed by atoms with E-state index in [2.05, 4.69) is 31.7 Å². The summed E-state index contributed by atoms with van der Waals surface area (Å²) < 4.78 is 0. The van der Waals surface area contributed by atoms with Gasteiger partial charge in [0, 0.05) is 32.5 Å². The minimum absolute atomic E-state index is 0.193. The van der Waals surface area contributed by atoms with Crippen LogP contribution in [0.15, 0.2) is 0 Å². The van der Waals surface area contributed by atoms with Crippen molar-refractivity contribution in [2.24, 2.45) is 0 Å². The van der Waals surface area contributed by atoms with Gasteiger partial charge in [-0.25, -0.2) is 0 Å². The van der Waals surface area contributed by atoms with E-state index in [9.17, 15) is 4.79 Å². The quantitative estimate of drug-likeness (QED) is 0.288. The number of hydrogen-bond donors (Lipinski definition) is 3. The van der Waals surface area contributed by atoms with Gasteiger partial charge in [0.1, 0.15) is 0 Å². The minimum Gasteiger partial charge on any atom is -0.356 e.